The number of nitrogens with zero attached hydrogens (tertiary/aromatic N) is 1. The minimum absolute atomic E-state index is 0.184. The van der Waals surface area contributed by atoms with Crippen molar-refractivity contribution in [2.75, 3.05) is 19.6 Å². The summed E-state index contributed by atoms with van der Waals surface area (Å²) in [6.45, 7) is 2.08. The first-order valence-corrected chi connectivity index (χ1v) is 10.3. The van der Waals surface area contributed by atoms with Crippen molar-refractivity contribution in [3.05, 3.63) is 65.5 Å². The van der Waals surface area contributed by atoms with Gasteiger partial charge in [0.1, 0.15) is 5.82 Å². The summed E-state index contributed by atoms with van der Waals surface area (Å²) in [5.41, 5.74) is 0.723. The van der Waals surface area contributed by atoms with Crippen molar-refractivity contribution in [2.45, 2.75) is 10.9 Å². The van der Waals surface area contributed by atoms with Crippen molar-refractivity contribution < 1.29 is 17.6 Å². The van der Waals surface area contributed by atoms with E-state index in [0.29, 0.717) is 6.54 Å². The monoisotopic (exact) mass is 389 g/mol. The van der Waals surface area contributed by atoms with Crippen LogP contribution in [-0.2, 0) is 10.0 Å². The van der Waals surface area contributed by atoms with E-state index in [-0.39, 0.29) is 28.3 Å². The highest BCUT2D eigenvalue weighted by Crippen LogP contribution is 2.43. The zero-order valence-corrected chi connectivity index (χ0v) is 15.3. The molecule has 2 heterocycles. The molecule has 6 nitrogen and oxygen atoms in total. The second-order valence-corrected chi connectivity index (χ2v) is 8.64. The van der Waals surface area contributed by atoms with Gasteiger partial charge in [-0.2, -0.15) is 0 Å². The first-order valence-electron chi connectivity index (χ1n) is 8.75. The van der Waals surface area contributed by atoms with Crippen LogP contribution in [0.25, 0.3) is 0 Å². The molecule has 0 aromatic heterocycles. The fourth-order valence-corrected chi connectivity index (χ4v) is 4.75. The van der Waals surface area contributed by atoms with Crippen LogP contribution in [0.5, 0.6) is 0 Å². The van der Waals surface area contributed by atoms with Crippen LogP contribution in [0.2, 0.25) is 0 Å². The lowest BCUT2D eigenvalue weighted by Crippen LogP contribution is -2.35. The molecule has 0 bridgehead atoms. The van der Waals surface area contributed by atoms with Crippen molar-refractivity contribution in [1.29, 1.82) is 0 Å². The summed E-state index contributed by atoms with van der Waals surface area (Å²) in [4.78, 5) is 14.6. The van der Waals surface area contributed by atoms with Crippen molar-refractivity contribution in [1.82, 2.24) is 10.2 Å². The molecule has 0 aliphatic carbocycles. The number of rotatable bonds is 3. The molecule has 0 radical (unpaired) electrons. The lowest BCUT2D eigenvalue weighted by molar-refractivity contribution is 0.0709. The first-order chi connectivity index (χ1) is 12.9. The number of likely N-dealkylation sites (tertiary alicyclic amines) is 1. The Labute approximate surface area is 157 Å². The summed E-state index contributed by atoms with van der Waals surface area (Å²) < 4.78 is 37.6. The Balaban J connectivity index is 1.74. The van der Waals surface area contributed by atoms with Gasteiger partial charge >= 0.3 is 0 Å². The van der Waals surface area contributed by atoms with Gasteiger partial charge in [0.2, 0.25) is 10.0 Å². The van der Waals surface area contributed by atoms with Crippen molar-refractivity contribution in [3.8, 4) is 0 Å². The molecular formula is C19H20FN3O3S. The van der Waals surface area contributed by atoms with E-state index in [9.17, 15) is 17.6 Å². The van der Waals surface area contributed by atoms with Crippen molar-refractivity contribution in [2.24, 2.45) is 17.0 Å². The van der Waals surface area contributed by atoms with Crippen LogP contribution in [0.1, 0.15) is 22.0 Å². The van der Waals surface area contributed by atoms with Gasteiger partial charge in [-0.05, 0) is 29.7 Å². The molecule has 2 aromatic rings. The highest BCUT2D eigenvalue weighted by atomic mass is 32.2. The summed E-state index contributed by atoms with van der Waals surface area (Å²) in [6, 6.07) is 12.5. The predicted molar refractivity (Wildman–Crippen MR) is 97.8 cm³/mol. The van der Waals surface area contributed by atoms with E-state index in [2.05, 4.69) is 5.32 Å². The summed E-state index contributed by atoms with van der Waals surface area (Å²) in [5, 5.41) is 8.49. The zero-order valence-electron chi connectivity index (χ0n) is 14.5. The number of sulfonamides is 1. The number of carbonyl (C=O) groups excluding carboxylic acids is 1. The van der Waals surface area contributed by atoms with Crippen LogP contribution in [-0.4, -0.2) is 38.9 Å². The van der Waals surface area contributed by atoms with E-state index in [0.717, 1.165) is 36.9 Å². The van der Waals surface area contributed by atoms with Crippen LogP contribution in [0.15, 0.2) is 53.4 Å². The molecule has 142 valence electrons. The molecule has 0 spiro atoms. The standard InChI is InChI=1S/C19H20FN3O3S/c20-17-7-6-14(27(21,25)26)8-15(17)19(24)23-11-13-9-22-10-16(13)18(23)12-4-2-1-3-5-12/h1-8,13,16,18,22H,9-11H2,(H2,21,25,26)/t13-,16-,18+/m0/s1. The minimum Gasteiger partial charge on any atom is -0.331 e. The molecule has 3 N–H and O–H groups in total. The third-order valence-corrected chi connectivity index (χ3v) is 6.37. The molecular weight excluding hydrogens is 369 g/mol. The molecule has 2 aromatic carbocycles. The second kappa shape index (κ2) is 6.70. The first kappa shape index (κ1) is 18.1. The fourth-order valence-electron chi connectivity index (χ4n) is 4.21. The number of hydrogen-bond donors (Lipinski definition) is 2. The Morgan fingerprint density at radius 2 is 1.89 bits per heavy atom. The molecule has 3 atom stereocenters. The number of fused-ring (bicyclic) bond motifs is 1. The molecule has 1 amide bonds. The number of benzene rings is 2. The molecule has 2 saturated heterocycles. The number of halogens is 1. The predicted octanol–water partition coefficient (Wildman–Crippen LogP) is 1.51. The Morgan fingerprint density at radius 3 is 2.59 bits per heavy atom. The highest BCUT2D eigenvalue weighted by Gasteiger charge is 2.47. The number of nitrogens with one attached hydrogen (secondary N) is 1. The maximum atomic E-state index is 14.4. The van der Waals surface area contributed by atoms with Gasteiger partial charge in [0.15, 0.2) is 0 Å². The summed E-state index contributed by atoms with van der Waals surface area (Å²) >= 11 is 0. The quantitative estimate of drug-likeness (QED) is 0.832. The Morgan fingerprint density at radius 1 is 1.15 bits per heavy atom. The summed E-state index contributed by atoms with van der Waals surface area (Å²) in [6.07, 6.45) is 0. The summed E-state index contributed by atoms with van der Waals surface area (Å²) in [7, 11) is -4.03. The maximum absolute atomic E-state index is 14.4. The van der Waals surface area contributed by atoms with E-state index in [1.54, 1.807) is 4.90 Å². The van der Waals surface area contributed by atoms with Gasteiger partial charge in [-0.15, -0.1) is 0 Å². The largest absolute Gasteiger partial charge is 0.331 e. The Hall–Kier alpha value is -2.29. The van der Waals surface area contributed by atoms with Crippen LogP contribution in [0.4, 0.5) is 4.39 Å². The Kier molecular flexibility index (Phi) is 4.49. The number of primary sulfonamides is 1. The van der Waals surface area contributed by atoms with E-state index >= 15 is 0 Å². The van der Waals surface area contributed by atoms with Gasteiger partial charge in [-0.1, -0.05) is 30.3 Å². The van der Waals surface area contributed by atoms with Crippen LogP contribution in [0.3, 0.4) is 0 Å². The molecule has 2 aliphatic heterocycles. The van der Waals surface area contributed by atoms with Crippen LogP contribution < -0.4 is 10.5 Å². The number of nitrogens with two attached hydrogens (primary N) is 1. The average molecular weight is 389 g/mol. The van der Waals surface area contributed by atoms with E-state index in [1.807, 2.05) is 30.3 Å². The van der Waals surface area contributed by atoms with E-state index in [1.165, 1.54) is 0 Å². The van der Waals surface area contributed by atoms with Crippen molar-refractivity contribution in [3.63, 3.8) is 0 Å². The normalized spacial score (nSPS) is 24.8. The van der Waals surface area contributed by atoms with Crippen molar-refractivity contribution >= 4 is 15.9 Å². The lowest BCUT2D eigenvalue weighted by Gasteiger charge is -2.28. The minimum atomic E-state index is -4.03. The second-order valence-electron chi connectivity index (χ2n) is 7.08. The molecule has 0 unspecified atom stereocenters. The average Bonchev–Trinajstić information content (AvgIpc) is 3.22. The number of hydrogen-bond acceptors (Lipinski definition) is 4. The topological polar surface area (TPSA) is 92.5 Å². The molecule has 2 aliphatic rings. The molecule has 4 rings (SSSR count). The van der Waals surface area contributed by atoms with Gasteiger partial charge in [-0.25, -0.2) is 17.9 Å². The number of amides is 1. The zero-order chi connectivity index (χ0) is 19.2. The smallest absolute Gasteiger partial charge is 0.257 e. The fraction of sp³-hybridized carbons (Fsp3) is 0.316. The third-order valence-electron chi connectivity index (χ3n) is 5.46. The summed E-state index contributed by atoms with van der Waals surface area (Å²) in [5.74, 6) is -0.750. The molecule has 8 heteroatoms. The molecule has 0 saturated carbocycles. The van der Waals surface area contributed by atoms with E-state index in [4.69, 9.17) is 5.14 Å². The third kappa shape index (κ3) is 3.24. The van der Waals surface area contributed by atoms with Gasteiger partial charge in [0.05, 0.1) is 16.5 Å². The van der Waals surface area contributed by atoms with Gasteiger partial charge in [0, 0.05) is 25.6 Å². The Bertz CT molecular complexity index is 981. The van der Waals surface area contributed by atoms with Gasteiger partial charge in [0.25, 0.3) is 5.91 Å². The highest BCUT2D eigenvalue weighted by molar-refractivity contribution is 7.89. The molecule has 2 fully saturated rings. The van der Waals surface area contributed by atoms with Crippen LogP contribution >= 0.6 is 0 Å². The van der Waals surface area contributed by atoms with Gasteiger partial charge in [-0.3, -0.25) is 4.79 Å². The maximum Gasteiger partial charge on any atom is 0.257 e. The lowest BCUT2D eigenvalue weighted by atomic mass is 9.89. The van der Waals surface area contributed by atoms with E-state index < -0.39 is 21.7 Å². The SMILES string of the molecule is NS(=O)(=O)c1ccc(F)c(C(=O)N2C[C@@H]3CNC[C@@H]3[C@H]2c2ccccc2)c1. The number of carbonyl (C=O) groups is 1. The van der Waals surface area contributed by atoms with Gasteiger partial charge < -0.3 is 10.2 Å². The molecule has 27 heavy (non-hydrogen) atoms. The van der Waals surface area contributed by atoms with Crippen LogP contribution in [0, 0.1) is 17.7 Å².